The molecule has 0 unspecified atom stereocenters. The first-order valence-electron chi connectivity index (χ1n) is 13.1. The van der Waals surface area contributed by atoms with Crippen molar-refractivity contribution in [3.8, 4) is 5.75 Å². The average molecular weight is 593 g/mol. The monoisotopic (exact) mass is 592 g/mol. The third-order valence-corrected chi connectivity index (χ3v) is 8.02. The van der Waals surface area contributed by atoms with E-state index in [1.165, 1.54) is 24.7 Å². The Morgan fingerprint density at radius 3 is 2.56 bits per heavy atom. The maximum Gasteiger partial charge on any atom is 0.459 e. The smallest absolute Gasteiger partial charge is 0.459 e. The zero-order chi connectivity index (χ0) is 30.1. The molecule has 14 nitrogen and oxygen atoms in total. The number of imidazole rings is 1. The number of nitrogens with one attached hydrogen (secondary N) is 1. The lowest BCUT2D eigenvalue weighted by molar-refractivity contribution is -0.149. The molecule has 0 amide bonds. The van der Waals surface area contributed by atoms with Crippen LogP contribution >= 0.6 is 7.75 Å². The molecule has 6 atom stereocenters. The van der Waals surface area contributed by atoms with Crippen LogP contribution in [0.2, 0.25) is 0 Å². The van der Waals surface area contributed by atoms with Crippen molar-refractivity contribution in [1.82, 2.24) is 24.6 Å². The van der Waals surface area contributed by atoms with Crippen molar-refractivity contribution >= 4 is 30.7 Å². The Hall–Kier alpha value is -3.13. The van der Waals surface area contributed by atoms with Crippen molar-refractivity contribution in [2.45, 2.75) is 70.8 Å². The summed E-state index contributed by atoms with van der Waals surface area (Å²) in [5, 5.41) is 25.0. The van der Waals surface area contributed by atoms with Crippen molar-refractivity contribution in [1.29, 1.82) is 0 Å². The number of aliphatic hydroxyl groups excluding tert-OH is 1. The fourth-order valence-electron chi connectivity index (χ4n) is 4.37. The number of anilines is 1. The van der Waals surface area contributed by atoms with E-state index in [1.807, 2.05) is 14.1 Å². The summed E-state index contributed by atoms with van der Waals surface area (Å²) in [6.07, 6.45) is -2.66. The number of para-hydroxylation sites is 1. The molecule has 4 rings (SSSR count). The number of carbonyl (C=O) groups is 1. The van der Waals surface area contributed by atoms with E-state index in [-0.39, 0.29) is 11.9 Å². The first-order valence-corrected chi connectivity index (χ1v) is 14.7. The molecule has 1 fully saturated rings. The second-order valence-corrected chi connectivity index (χ2v) is 12.2. The molecule has 0 radical (unpaired) electrons. The molecular weight excluding hydrogens is 555 g/mol. The number of carbonyl (C=O) groups excluding carboxylic acids is 1. The third kappa shape index (κ3) is 6.69. The predicted octanol–water partition coefficient (Wildman–Crippen LogP) is 2.34. The fourth-order valence-corrected chi connectivity index (χ4v) is 5.88. The average Bonchev–Trinajstić information content (AvgIpc) is 3.40. The van der Waals surface area contributed by atoms with Crippen molar-refractivity contribution in [2.75, 3.05) is 25.6 Å². The number of hydrogen-bond donors (Lipinski definition) is 3. The minimum atomic E-state index is -4.23. The molecule has 3 aromatic rings. The Labute approximate surface area is 238 Å². The number of ether oxygens (including phenoxy) is 2. The van der Waals surface area contributed by atoms with Gasteiger partial charge in [0, 0.05) is 14.1 Å². The third-order valence-electron chi connectivity index (χ3n) is 6.38. The first-order chi connectivity index (χ1) is 19.2. The van der Waals surface area contributed by atoms with Gasteiger partial charge < -0.3 is 29.1 Å². The van der Waals surface area contributed by atoms with Gasteiger partial charge in [-0.15, -0.1) is 0 Å². The van der Waals surface area contributed by atoms with Crippen LogP contribution in [0.5, 0.6) is 5.75 Å². The van der Waals surface area contributed by atoms with Gasteiger partial charge in [0.1, 0.15) is 35.4 Å². The van der Waals surface area contributed by atoms with Gasteiger partial charge in [-0.05, 0) is 46.8 Å². The standard InChI is InChI=1S/C26H37N6O8P/c1-15(2)38-24(34)16(3)30-41(36,40-18-11-9-8-10-12-18)37-13-19-21(33)26(5,35)25(39-19)32-14-27-20-22(31(6)7)28-17(4)29-23(20)32/h8-12,14-16,19,21,25,33,35H,13H2,1-7H3,(H,30,36)/t16-,19+,21+,25+,26+,41-/m0/s1. The Kier molecular flexibility index (Phi) is 9.02. The maximum absolute atomic E-state index is 13.8. The van der Waals surface area contributed by atoms with Crippen molar-refractivity contribution in [3.05, 3.63) is 42.5 Å². The zero-order valence-corrected chi connectivity index (χ0v) is 25.0. The van der Waals surface area contributed by atoms with Gasteiger partial charge in [0.2, 0.25) is 0 Å². The Morgan fingerprint density at radius 2 is 1.93 bits per heavy atom. The Morgan fingerprint density at radius 1 is 1.24 bits per heavy atom. The lowest BCUT2D eigenvalue weighted by Gasteiger charge is -2.27. The summed E-state index contributed by atoms with van der Waals surface area (Å²) in [5.74, 6) is 0.639. The molecule has 1 aromatic carbocycles. The molecule has 41 heavy (non-hydrogen) atoms. The highest BCUT2D eigenvalue weighted by Gasteiger charge is 2.54. The van der Waals surface area contributed by atoms with E-state index in [2.05, 4.69) is 20.0 Å². The molecule has 0 bridgehead atoms. The van der Waals surface area contributed by atoms with E-state index in [0.29, 0.717) is 22.8 Å². The van der Waals surface area contributed by atoms with Crippen molar-refractivity contribution in [3.63, 3.8) is 0 Å². The fraction of sp³-hybridized carbons (Fsp3) is 0.538. The second-order valence-electron chi connectivity index (χ2n) is 10.5. The van der Waals surface area contributed by atoms with E-state index in [0.717, 1.165) is 0 Å². The van der Waals surface area contributed by atoms with Crippen LogP contribution in [0.4, 0.5) is 5.82 Å². The molecule has 15 heteroatoms. The van der Waals surface area contributed by atoms with Gasteiger partial charge in [-0.1, -0.05) is 18.2 Å². The number of hydrogen-bond acceptors (Lipinski definition) is 12. The molecule has 1 aliphatic rings. The number of benzene rings is 1. The quantitative estimate of drug-likeness (QED) is 0.219. The molecule has 2 aromatic heterocycles. The van der Waals surface area contributed by atoms with Crippen LogP contribution in [-0.4, -0.2) is 86.4 Å². The lowest BCUT2D eigenvalue weighted by Crippen LogP contribution is -2.44. The number of fused-ring (bicyclic) bond motifs is 1. The van der Waals surface area contributed by atoms with Gasteiger partial charge in [-0.25, -0.2) is 19.5 Å². The Bertz CT molecular complexity index is 1420. The topological polar surface area (TPSA) is 170 Å². The van der Waals surface area contributed by atoms with E-state index >= 15 is 0 Å². The summed E-state index contributed by atoms with van der Waals surface area (Å²) < 4.78 is 38.0. The summed E-state index contributed by atoms with van der Waals surface area (Å²) in [4.78, 5) is 27.5. The van der Waals surface area contributed by atoms with Crippen LogP contribution in [0.1, 0.15) is 39.7 Å². The number of aliphatic hydroxyl groups is 2. The minimum Gasteiger partial charge on any atom is -0.462 e. The minimum absolute atomic E-state index is 0.224. The maximum atomic E-state index is 13.8. The van der Waals surface area contributed by atoms with Gasteiger partial charge in [0.05, 0.1) is 19.0 Å². The first kappa shape index (κ1) is 30.8. The predicted molar refractivity (Wildman–Crippen MR) is 149 cm³/mol. The summed E-state index contributed by atoms with van der Waals surface area (Å²) in [6, 6.07) is 7.23. The molecule has 1 saturated heterocycles. The molecule has 3 N–H and O–H groups in total. The lowest BCUT2D eigenvalue weighted by atomic mass is 9.96. The summed E-state index contributed by atoms with van der Waals surface area (Å²) in [7, 11) is -0.575. The SMILES string of the molecule is Cc1nc(N(C)C)c2ncn([C@@H]3O[C@H](CO[P@@](=O)(N[C@@H](C)C(=O)OC(C)C)Oc4ccccc4)[C@@H](O)[C@@]3(C)O)c2n1. The van der Waals surface area contributed by atoms with Crippen LogP contribution in [0, 0.1) is 6.92 Å². The van der Waals surface area contributed by atoms with Crippen LogP contribution < -0.4 is 14.5 Å². The highest BCUT2D eigenvalue weighted by atomic mass is 31.2. The van der Waals surface area contributed by atoms with Gasteiger partial charge in [0.15, 0.2) is 23.2 Å². The van der Waals surface area contributed by atoms with Gasteiger partial charge >= 0.3 is 13.7 Å². The molecular formula is C26H37N6O8P. The van der Waals surface area contributed by atoms with Crippen LogP contribution in [0.25, 0.3) is 11.2 Å². The Balaban J connectivity index is 1.57. The molecule has 0 aliphatic carbocycles. The summed E-state index contributed by atoms with van der Waals surface area (Å²) >= 11 is 0. The van der Waals surface area contributed by atoms with E-state index in [1.54, 1.807) is 56.0 Å². The van der Waals surface area contributed by atoms with E-state index in [9.17, 15) is 19.6 Å². The molecule has 3 heterocycles. The molecule has 0 saturated carbocycles. The highest BCUT2D eigenvalue weighted by molar-refractivity contribution is 7.52. The zero-order valence-electron chi connectivity index (χ0n) is 24.1. The number of aromatic nitrogens is 4. The van der Waals surface area contributed by atoms with Gasteiger partial charge in [-0.2, -0.15) is 5.09 Å². The van der Waals surface area contributed by atoms with Crippen LogP contribution in [-0.2, 0) is 23.4 Å². The summed E-state index contributed by atoms with van der Waals surface area (Å²) in [6.45, 7) is 7.55. The van der Waals surface area contributed by atoms with Gasteiger partial charge in [-0.3, -0.25) is 13.9 Å². The van der Waals surface area contributed by atoms with Crippen LogP contribution in [0.3, 0.4) is 0 Å². The van der Waals surface area contributed by atoms with Crippen molar-refractivity contribution in [2.24, 2.45) is 0 Å². The number of aryl methyl sites for hydroxylation is 1. The van der Waals surface area contributed by atoms with Crippen LogP contribution in [0.15, 0.2) is 36.7 Å². The number of nitrogens with zero attached hydrogens (tertiary/aromatic N) is 5. The van der Waals surface area contributed by atoms with E-state index < -0.39 is 50.4 Å². The summed E-state index contributed by atoms with van der Waals surface area (Å²) in [5.41, 5.74) is -0.927. The highest BCUT2D eigenvalue weighted by Crippen LogP contribution is 2.47. The van der Waals surface area contributed by atoms with Gasteiger partial charge in [0.25, 0.3) is 0 Å². The number of esters is 1. The molecule has 224 valence electrons. The normalized spacial score (nSPS) is 24.8. The largest absolute Gasteiger partial charge is 0.462 e. The number of rotatable bonds is 11. The molecule has 0 spiro atoms. The second kappa shape index (κ2) is 12.0. The molecule has 1 aliphatic heterocycles. The van der Waals surface area contributed by atoms with E-state index in [4.69, 9.17) is 18.5 Å². The van der Waals surface area contributed by atoms with Crippen molar-refractivity contribution < 1.29 is 38.1 Å².